The number of hydrogen-bond acceptors (Lipinski definition) is 6. The van der Waals surface area contributed by atoms with Crippen LogP contribution in [0.2, 0.25) is 0 Å². The van der Waals surface area contributed by atoms with Crippen molar-refractivity contribution < 1.29 is 17.4 Å². The molecule has 0 unspecified atom stereocenters. The first-order valence-electron chi connectivity index (χ1n) is 7.13. The number of amidine groups is 1. The van der Waals surface area contributed by atoms with Gasteiger partial charge >= 0.3 is 0 Å². The Kier molecular flexibility index (Phi) is 5.62. The van der Waals surface area contributed by atoms with Crippen LogP contribution in [0.15, 0.2) is 27.8 Å². The average molecular weight is 355 g/mol. The van der Waals surface area contributed by atoms with E-state index in [2.05, 4.69) is 24.7 Å². The van der Waals surface area contributed by atoms with Gasteiger partial charge in [0.1, 0.15) is 11.5 Å². The molecule has 2 rings (SSSR count). The van der Waals surface area contributed by atoms with Crippen molar-refractivity contribution in [1.82, 2.24) is 15.0 Å². The Bertz CT molecular complexity index is 848. The van der Waals surface area contributed by atoms with Crippen molar-refractivity contribution in [2.24, 2.45) is 10.7 Å². The van der Waals surface area contributed by atoms with Gasteiger partial charge in [-0.3, -0.25) is 0 Å². The highest BCUT2D eigenvalue weighted by atomic mass is 32.2. The molecule has 2 aromatic rings. The monoisotopic (exact) mass is 355 g/mol. The zero-order valence-corrected chi connectivity index (χ0v) is 14.1. The van der Waals surface area contributed by atoms with Crippen LogP contribution >= 0.6 is 0 Å². The number of benzene rings is 1. The highest BCUT2D eigenvalue weighted by molar-refractivity contribution is 7.88. The minimum absolute atomic E-state index is 0.0910. The smallest absolute Gasteiger partial charge is 0.208 e. The van der Waals surface area contributed by atoms with E-state index in [1.165, 1.54) is 12.1 Å². The van der Waals surface area contributed by atoms with Gasteiger partial charge in [0.2, 0.25) is 10.0 Å². The fourth-order valence-electron chi connectivity index (χ4n) is 1.97. The lowest BCUT2D eigenvalue weighted by Crippen LogP contribution is -2.23. The number of nitrogens with one attached hydrogen (secondary N) is 1. The standard InChI is InChI=1S/C14H18FN5O3S/c1-9-8-10(5-6-11(9)15)18-14(16)13-12(19-23-20-13)4-3-7-17-24(2,21)22/h5-6,8,17H,3-4,7H2,1-2H3,(H2,16,18). The van der Waals surface area contributed by atoms with E-state index in [0.717, 1.165) is 6.26 Å². The van der Waals surface area contributed by atoms with Crippen molar-refractivity contribution >= 4 is 21.5 Å². The third kappa shape index (κ3) is 5.10. The molecule has 1 aromatic carbocycles. The molecule has 0 fully saturated rings. The summed E-state index contributed by atoms with van der Waals surface area (Å²) in [4.78, 5) is 4.19. The second-order valence-electron chi connectivity index (χ2n) is 5.26. The van der Waals surface area contributed by atoms with E-state index in [-0.39, 0.29) is 23.9 Å². The summed E-state index contributed by atoms with van der Waals surface area (Å²) in [6, 6.07) is 4.37. The van der Waals surface area contributed by atoms with E-state index in [9.17, 15) is 12.8 Å². The summed E-state index contributed by atoms with van der Waals surface area (Å²) >= 11 is 0. The minimum atomic E-state index is -3.23. The van der Waals surface area contributed by atoms with Gasteiger partial charge in [-0.05, 0) is 48.7 Å². The van der Waals surface area contributed by atoms with Crippen molar-refractivity contribution in [2.45, 2.75) is 19.8 Å². The fourth-order valence-corrected chi connectivity index (χ4v) is 2.48. The van der Waals surface area contributed by atoms with Crippen LogP contribution in [0.1, 0.15) is 23.4 Å². The fraction of sp³-hybridized carbons (Fsp3) is 0.357. The number of aryl methyl sites for hydroxylation is 2. The Labute approximate surface area is 139 Å². The maximum absolute atomic E-state index is 13.3. The first-order valence-corrected chi connectivity index (χ1v) is 9.02. The first-order chi connectivity index (χ1) is 11.3. The molecule has 0 radical (unpaired) electrons. The molecule has 24 heavy (non-hydrogen) atoms. The predicted octanol–water partition coefficient (Wildman–Crippen LogP) is 1.04. The van der Waals surface area contributed by atoms with Gasteiger partial charge in [0.05, 0.1) is 11.9 Å². The Morgan fingerprint density at radius 1 is 1.42 bits per heavy atom. The molecule has 0 saturated carbocycles. The SMILES string of the molecule is Cc1cc(N=C(N)c2nonc2CCCNS(C)(=O)=O)ccc1F. The number of nitrogens with two attached hydrogens (primary N) is 1. The number of halogens is 1. The quantitative estimate of drug-likeness (QED) is 0.434. The maximum atomic E-state index is 13.3. The molecule has 1 aromatic heterocycles. The third-order valence-electron chi connectivity index (χ3n) is 3.14. The summed E-state index contributed by atoms with van der Waals surface area (Å²) in [5.74, 6) is -0.233. The predicted molar refractivity (Wildman–Crippen MR) is 87.0 cm³/mol. The number of hydrogen-bond donors (Lipinski definition) is 2. The lowest BCUT2D eigenvalue weighted by atomic mass is 10.2. The van der Waals surface area contributed by atoms with Gasteiger partial charge in [0, 0.05) is 6.54 Å². The van der Waals surface area contributed by atoms with E-state index in [1.807, 2.05) is 0 Å². The van der Waals surface area contributed by atoms with Crippen LogP contribution in [0.4, 0.5) is 10.1 Å². The molecule has 0 bridgehead atoms. The van der Waals surface area contributed by atoms with Gasteiger partial charge < -0.3 is 5.73 Å². The van der Waals surface area contributed by atoms with E-state index in [0.29, 0.717) is 29.8 Å². The number of nitrogens with zero attached hydrogens (tertiary/aromatic N) is 3. The Morgan fingerprint density at radius 2 is 2.17 bits per heavy atom. The van der Waals surface area contributed by atoms with Crippen molar-refractivity contribution in [2.75, 3.05) is 12.8 Å². The Morgan fingerprint density at radius 3 is 2.83 bits per heavy atom. The number of rotatable bonds is 7. The molecule has 3 N–H and O–H groups in total. The van der Waals surface area contributed by atoms with Gasteiger partial charge in [0.25, 0.3) is 0 Å². The van der Waals surface area contributed by atoms with Crippen molar-refractivity contribution in [1.29, 1.82) is 0 Å². The average Bonchev–Trinajstić information content (AvgIpc) is 2.95. The summed E-state index contributed by atoms with van der Waals surface area (Å²) in [5, 5.41) is 7.49. The molecule has 0 aliphatic carbocycles. The Balaban J connectivity index is 2.07. The molecule has 0 aliphatic heterocycles. The van der Waals surface area contributed by atoms with Crippen LogP contribution in [-0.4, -0.2) is 37.4 Å². The van der Waals surface area contributed by atoms with Crippen LogP contribution in [0.5, 0.6) is 0 Å². The van der Waals surface area contributed by atoms with E-state index >= 15 is 0 Å². The van der Waals surface area contributed by atoms with Crippen LogP contribution in [0, 0.1) is 12.7 Å². The minimum Gasteiger partial charge on any atom is -0.382 e. The normalized spacial score (nSPS) is 12.5. The van der Waals surface area contributed by atoms with Crippen LogP contribution in [0.3, 0.4) is 0 Å². The summed E-state index contributed by atoms with van der Waals surface area (Å²) in [6.07, 6.45) is 2.00. The lowest BCUT2D eigenvalue weighted by Gasteiger charge is -2.02. The van der Waals surface area contributed by atoms with Crippen LogP contribution < -0.4 is 10.5 Å². The molecular formula is C14H18FN5O3S. The second kappa shape index (κ2) is 7.49. The van der Waals surface area contributed by atoms with Crippen LogP contribution in [0.25, 0.3) is 0 Å². The lowest BCUT2D eigenvalue weighted by molar-refractivity contribution is 0.302. The molecule has 0 aliphatic rings. The molecule has 0 amide bonds. The molecule has 10 heteroatoms. The Hall–Kier alpha value is -2.33. The van der Waals surface area contributed by atoms with Gasteiger partial charge in [-0.1, -0.05) is 5.16 Å². The van der Waals surface area contributed by atoms with Crippen molar-refractivity contribution in [3.05, 3.63) is 41.0 Å². The molecule has 130 valence electrons. The highest BCUT2D eigenvalue weighted by Gasteiger charge is 2.14. The zero-order chi connectivity index (χ0) is 17.7. The number of sulfonamides is 1. The summed E-state index contributed by atoms with van der Waals surface area (Å²) in [5.41, 5.74) is 7.62. The summed E-state index contributed by atoms with van der Waals surface area (Å²) in [7, 11) is -3.23. The number of aromatic nitrogens is 2. The van der Waals surface area contributed by atoms with Gasteiger partial charge in [-0.15, -0.1) is 0 Å². The largest absolute Gasteiger partial charge is 0.382 e. The summed E-state index contributed by atoms with van der Waals surface area (Å²) in [6.45, 7) is 1.89. The van der Waals surface area contributed by atoms with Crippen LogP contribution in [-0.2, 0) is 16.4 Å². The molecule has 0 atom stereocenters. The second-order valence-corrected chi connectivity index (χ2v) is 7.09. The first kappa shape index (κ1) is 18.0. The molecule has 0 spiro atoms. The van der Waals surface area contributed by atoms with E-state index < -0.39 is 10.0 Å². The zero-order valence-electron chi connectivity index (χ0n) is 13.3. The van der Waals surface area contributed by atoms with Gasteiger partial charge in [-0.2, -0.15) is 0 Å². The maximum Gasteiger partial charge on any atom is 0.208 e. The molecular weight excluding hydrogens is 337 g/mol. The van der Waals surface area contributed by atoms with E-state index in [1.54, 1.807) is 13.0 Å². The van der Waals surface area contributed by atoms with Gasteiger partial charge in [0.15, 0.2) is 11.5 Å². The van der Waals surface area contributed by atoms with Gasteiger partial charge in [-0.25, -0.2) is 27.2 Å². The number of aliphatic imine (C=N–C) groups is 1. The third-order valence-corrected chi connectivity index (χ3v) is 3.87. The molecule has 0 saturated heterocycles. The highest BCUT2D eigenvalue weighted by Crippen LogP contribution is 2.18. The summed E-state index contributed by atoms with van der Waals surface area (Å²) < 4.78 is 42.3. The molecule has 1 heterocycles. The van der Waals surface area contributed by atoms with Crippen molar-refractivity contribution in [3.63, 3.8) is 0 Å². The molecule has 8 nitrogen and oxygen atoms in total. The van der Waals surface area contributed by atoms with Crippen molar-refractivity contribution in [3.8, 4) is 0 Å². The van der Waals surface area contributed by atoms with E-state index in [4.69, 9.17) is 5.73 Å². The topological polar surface area (TPSA) is 123 Å².